The van der Waals surface area contributed by atoms with E-state index in [4.69, 9.17) is 10.8 Å². The van der Waals surface area contributed by atoms with E-state index >= 15 is 0 Å². The van der Waals surface area contributed by atoms with E-state index in [2.05, 4.69) is 20.8 Å². The first kappa shape index (κ1) is 12.5. The van der Waals surface area contributed by atoms with Crippen molar-refractivity contribution in [1.29, 1.82) is 0 Å². The van der Waals surface area contributed by atoms with Gasteiger partial charge in [0, 0.05) is 6.20 Å². The smallest absolute Gasteiger partial charge is 0.326 e. The number of aromatic amines is 1. The maximum absolute atomic E-state index is 11.3. The number of H-pyrrole nitrogens is 1. The Balaban J connectivity index is 2.52. The van der Waals surface area contributed by atoms with Gasteiger partial charge >= 0.3 is 12.0 Å². The number of aromatic nitrogens is 2. The molecule has 0 radical (unpaired) electrons. The molecule has 0 aliphatic rings. The molecule has 0 aromatic carbocycles. The topological polar surface area (TPSA) is 150 Å². The van der Waals surface area contributed by atoms with Crippen LogP contribution >= 0.6 is 0 Å². The molecule has 1 aromatic rings. The van der Waals surface area contributed by atoms with Gasteiger partial charge in [-0.25, -0.2) is 9.59 Å². The number of urea groups is 1. The van der Waals surface area contributed by atoms with Crippen LogP contribution in [0.25, 0.3) is 0 Å². The van der Waals surface area contributed by atoms with Crippen molar-refractivity contribution >= 4 is 23.6 Å². The number of nitrogens with zero attached hydrogens (tertiary/aromatic N) is 1. The molecule has 1 rings (SSSR count). The van der Waals surface area contributed by atoms with Crippen LogP contribution in [-0.4, -0.2) is 39.3 Å². The lowest BCUT2D eigenvalue weighted by molar-refractivity contribution is -0.140. The minimum atomic E-state index is -1.36. The lowest BCUT2D eigenvalue weighted by atomic mass is 10.2. The number of anilines is 1. The van der Waals surface area contributed by atoms with Crippen molar-refractivity contribution in [1.82, 2.24) is 15.5 Å². The van der Waals surface area contributed by atoms with Crippen molar-refractivity contribution in [3.63, 3.8) is 0 Å². The van der Waals surface area contributed by atoms with E-state index in [-0.39, 0.29) is 0 Å². The van der Waals surface area contributed by atoms with Gasteiger partial charge in [0.15, 0.2) is 0 Å². The van der Waals surface area contributed by atoms with Gasteiger partial charge in [-0.1, -0.05) is 0 Å². The maximum atomic E-state index is 11.3. The quantitative estimate of drug-likeness (QED) is 0.441. The van der Waals surface area contributed by atoms with E-state index in [0.717, 1.165) is 0 Å². The Morgan fingerprint density at radius 2 is 2.24 bits per heavy atom. The van der Waals surface area contributed by atoms with E-state index in [9.17, 15) is 14.4 Å². The summed E-state index contributed by atoms with van der Waals surface area (Å²) in [5, 5.41) is 19.2. The third-order valence-electron chi connectivity index (χ3n) is 1.76. The molecule has 9 heteroatoms. The number of amides is 3. The SMILES string of the molecule is NC(=O)C[C@H](NC(=O)Nc1cn[nH]c1)C(=O)O. The highest BCUT2D eigenvalue weighted by atomic mass is 16.4. The number of rotatable bonds is 5. The minimum Gasteiger partial charge on any atom is -0.480 e. The molecule has 0 aliphatic heterocycles. The zero-order chi connectivity index (χ0) is 12.8. The van der Waals surface area contributed by atoms with E-state index in [1.807, 2.05) is 0 Å². The van der Waals surface area contributed by atoms with Crippen molar-refractivity contribution in [3.05, 3.63) is 12.4 Å². The van der Waals surface area contributed by atoms with Crippen LogP contribution in [0.2, 0.25) is 0 Å². The van der Waals surface area contributed by atoms with Crippen molar-refractivity contribution in [2.75, 3.05) is 5.32 Å². The lowest BCUT2D eigenvalue weighted by Gasteiger charge is -2.12. The van der Waals surface area contributed by atoms with Crippen LogP contribution in [0.5, 0.6) is 0 Å². The van der Waals surface area contributed by atoms with Crippen LogP contribution in [-0.2, 0) is 9.59 Å². The number of nitrogens with two attached hydrogens (primary N) is 1. The summed E-state index contributed by atoms with van der Waals surface area (Å²) in [5.74, 6) is -2.16. The Kier molecular flexibility index (Phi) is 4.03. The number of carboxylic acids is 1. The maximum Gasteiger partial charge on any atom is 0.326 e. The molecule has 92 valence electrons. The van der Waals surface area contributed by atoms with E-state index in [1.165, 1.54) is 12.4 Å². The predicted molar refractivity (Wildman–Crippen MR) is 56.0 cm³/mol. The molecule has 0 fully saturated rings. The van der Waals surface area contributed by atoms with Gasteiger partial charge < -0.3 is 21.5 Å². The van der Waals surface area contributed by atoms with Crippen LogP contribution in [0.3, 0.4) is 0 Å². The number of hydrogen-bond donors (Lipinski definition) is 5. The Labute approximate surface area is 95.4 Å². The second-order valence-electron chi connectivity index (χ2n) is 3.15. The highest BCUT2D eigenvalue weighted by Crippen LogP contribution is 2.01. The number of carboxylic acid groups (broad SMARTS) is 1. The van der Waals surface area contributed by atoms with E-state index in [1.54, 1.807) is 0 Å². The largest absolute Gasteiger partial charge is 0.480 e. The monoisotopic (exact) mass is 241 g/mol. The summed E-state index contributed by atoms with van der Waals surface area (Å²) in [6.45, 7) is 0. The minimum absolute atomic E-state index is 0.366. The molecule has 3 amide bonds. The highest BCUT2D eigenvalue weighted by Gasteiger charge is 2.22. The fraction of sp³-hybridized carbons (Fsp3) is 0.250. The molecule has 0 saturated heterocycles. The molecule has 0 bridgehead atoms. The van der Waals surface area contributed by atoms with Crippen molar-refractivity contribution in [2.45, 2.75) is 12.5 Å². The first-order valence-electron chi connectivity index (χ1n) is 4.56. The number of carbonyl (C=O) groups is 3. The molecule has 6 N–H and O–H groups in total. The number of aliphatic carboxylic acids is 1. The zero-order valence-electron chi connectivity index (χ0n) is 8.64. The van der Waals surface area contributed by atoms with Gasteiger partial charge in [-0.15, -0.1) is 0 Å². The van der Waals surface area contributed by atoms with Crippen LogP contribution in [0, 0.1) is 0 Å². The summed E-state index contributed by atoms with van der Waals surface area (Å²) in [7, 11) is 0. The fourth-order valence-corrected chi connectivity index (χ4v) is 1.05. The van der Waals surface area contributed by atoms with Crippen LogP contribution in [0.1, 0.15) is 6.42 Å². The summed E-state index contributed by atoms with van der Waals surface area (Å²) in [6.07, 6.45) is 2.26. The Bertz CT molecular complexity index is 416. The first-order valence-corrected chi connectivity index (χ1v) is 4.56. The molecule has 1 aromatic heterocycles. The molecule has 0 spiro atoms. The molecule has 0 saturated carbocycles. The van der Waals surface area contributed by atoms with Crippen molar-refractivity contribution in [2.24, 2.45) is 5.73 Å². The van der Waals surface area contributed by atoms with Crippen LogP contribution in [0.15, 0.2) is 12.4 Å². The van der Waals surface area contributed by atoms with E-state index in [0.29, 0.717) is 5.69 Å². The van der Waals surface area contributed by atoms with Gasteiger partial charge in [-0.3, -0.25) is 9.89 Å². The average Bonchev–Trinajstić information content (AvgIpc) is 2.68. The Hall–Kier alpha value is -2.58. The molecule has 9 nitrogen and oxygen atoms in total. The fourth-order valence-electron chi connectivity index (χ4n) is 1.05. The second-order valence-corrected chi connectivity index (χ2v) is 3.15. The summed E-state index contributed by atoms with van der Waals surface area (Å²) in [5.41, 5.74) is 5.22. The van der Waals surface area contributed by atoms with Gasteiger partial charge in [-0.05, 0) is 0 Å². The molecule has 0 unspecified atom stereocenters. The molecule has 1 atom stereocenters. The Morgan fingerprint density at radius 3 is 2.71 bits per heavy atom. The molecular formula is C8H11N5O4. The number of carbonyl (C=O) groups excluding carboxylic acids is 2. The standard InChI is InChI=1S/C8H11N5O4/c9-6(14)1-5(7(15)16)13-8(17)12-4-2-10-11-3-4/h2-3,5H,1H2,(H2,9,14)(H,10,11)(H,15,16)(H2,12,13,17)/t5-/m0/s1. The second kappa shape index (κ2) is 5.49. The predicted octanol–water partition coefficient (Wildman–Crippen LogP) is -1.14. The van der Waals surface area contributed by atoms with E-state index < -0.39 is 30.4 Å². The van der Waals surface area contributed by atoms with Gasteiger partial charge in [0.25, 0.3) is 0 Å². The van der Waals surface area contributed by atoms with Gasteiger partial charge in [0.2, 0.25) is 5.91 Å². The molecular weight excluding hydrogens is 230 g/mol. The third-order valence-corrected chi connectivity index (χ3v) is 1.76. The summed E-state index contributed by atoms with van der Waals surface area (Å²) < 4.78 is 0. The third kappa shape index (κ3) is 4.20. The summed E-state index contributed by atoms with van der Waals surface area (Å²) >= 11 is 0. The molecule has 17 heavy (non-hydrogen) atoms. The first-order chi connectivity index (χ1) is 7.99. The van der Waals surface area contributed by atoms with Gasteiger partial charge in [0.05, 0.1) is 18.3 Å². The molecule has 1 heterocycles. The highest BCUT2D eigenvalue weighted by molar-refractivity contribution is 5.93. The van der Waals surface area contributed by atoms with Crippen molar-refractivity contribution < 1.29 is 19.5 Å². The Morgan fingerprint density at radius 1 is 1.53 bits per heavy atom. The summed E-state index contributed by atoms with van der Waals surface area (Å²) in [6, 6.07) is -2.13. The van der Waals surface area contributed by atoms with Crippen LogP contribution < -0.4 is 16.4 Å². The van der Waals surface area contributed by atoms with Crippen molar-refractivity contribution in [3.8, 4) is 0 Å². The summed E-state index contributed by atoms with van der Waals surface area (Å²) in [4.78, 5) is 32.6. The zero-order valence-corrected chi connectivity index (χ0v) is 8.64. The van der Waals surface area contributed by atoms with Crippen LogP contribution in [0.4, 0.5) is 10.5 Å². The average molecular weight is 241 g/mol. The number of nitrogens with one attached hydrogen (secondary N) is 3. The normalized spacial score (nSPS) is 11.5. The lowest BCUT2D eigenvalue weighted by Crippen LogP contribution is -2.45. The molecule has 0 aliphatic carbocycles. The number of primary amides is 1. The van der Waals surface area contributed by atoms with Gasteiger partial charge in [0.1, 0.15) is 6.04 Å². The van der Waals surface area contributed by atoms with Gasteiger partial charge in [-0.2, -0.15) is 5.10 Å². The number of hydrogen-bond acceptors (Lipinski definition) is 4.